The summed E-state index contributed by atoms with van der Waals surface area (Å²) in [6, 6.07) is 6.76. The Morgan fingerprint density at radius 3 is 2.41 bits per heavy atom. The summed E-state index contributed by atoms with van der Waals surface area (Å²) < 4.78 is 17.8. The first-order valence-corrected chi connectivity index (χ1v) is 8.33. The smallest absolute Gasteiger partial charge is 0.329 e. The SMILES string of the molecule is C[C@@H](C(=O)OCC(=O)c1ccc(F)cc1)N1C(=O)c2cccc([N+](=O)[O-])c2C1=O. The molecule has 0 aliphatic carbocycles. The van der Waals surface area contributed by atoms with Crippen molar-refractivity contribution in [3.63, 3.8) is 0 Å². The number of Topliss-reactive ketones (excluding diaryl/α,β-unsaturated/α-hetero) is 1. The maximum Gasteiger partial charge on any atom is 0.329 e. The van der Waals surface area contributed by atoms with Crippen molar-refractivity contribution in [1.29, 1.82) is 0 Å². The van der Waals surface area contributed by atoms with E-state index in [1.165, 1.54) is 31.2 Å². The maximum absolute atomic E-state index is 12.9. The molecule has 1 aliphatic rings. The summed E-state index contributed by atoms with van der Waals surface area (Å²) in [6.07, 6.45) is 0. The van der Waals surface area contributed by atoms with Crippen LogP contribution in [0, 0.1) is 15.9 Å². The lowest BCUT2D eigenvalue weighted by Crippen LogP contribution is -2.44. The molecule has 0 unspecified atom stereocenters. The van der Waals surface area contributed by atoms with Gasteiger partial charge in [0.2, 0.25) is 0 Å². The zero-order valence-corrected chi connectivity index (χ0v) is 15.0. The van der Waals surface area contributed by atoms with E-state index in [9.17, 15) is 33.7 Å². The topological polar surface area (TPSA) is 124 Å². The van der Waals surface area contributed by atoms with Crippen LogP contribution in [0.15, 0.2) is 42.5 Å². The number of ether oxygens (including phenoxy) is 1. The van der Waals surface area contributed by atoms with Crippen LogP contribution in [0.1, 0.15) is 38.0 Å². The Morgan fingerprint density at radius 2 is 1.79 bits per heavy atom. The van der Waals surface area contributed by atoms with Crippen LogP contribution in [0.2, 0.25) is 0 Å². The van der Waals surface area contributed by atoms with Gasteiger partial charge < -0.3 is 4.74 Å². The third kappa shape index (κ3) is 3.59. The highest BCUT2D eigenvalue weighted by Crippen LogP contribution is 2.32. The van der Waals surface area contributed by atoms with Gasteiger partial charge in [-0.2, -0.15) is 0 Å². The van der Waals surface area contributed by atoms with Gasteiger partial charge in [-0.1, -0.05) is 6.07 Å². The summed E-state index contributed by atoms with van der Waals surface area (Å²) in [5, 5.41) is 11.1. The summed E-state index contributed by atoms with van der Waals surface area (Å²) in [5.41, 5.74) is -1.02. The highest BCUT2D eigenvalue weighted by molar-refractivity contribution is 6.24. The lowest BCUT2D eigenvalue weighted by atomic mass is 10.1. The van der Waals surface area contributed by atoms with Gasteiger partial charge in [0, 0.05) is 11.6 Å². The van der Waals surface area contributed by atoms with Gasteiger partial charge in [0.15, 0.2) is 12.4 Å². The van der Waals surface area contributed by atoms with Crippen LogP contribution < -0.4 is 0 Å². The van der Waals surface area contributed by atoms with Crippen molar-refractivity contribution in [3.05, 3.63) is 75.1 Å². The summed E-state index contributed by atoms with van der Waals surface area (Å²) in [7, 11) is 0. The zero-order chi connectivity index (χ0) is 21.3. The monoisotopic (exact) mass is 400 g/mol. The molecule has 0 fully saturated rings. The van der Waals surface area contributed by atoms with Crippen LogP contribution in [0.25, 0.3) is 0 Å². The number of benzene rings is 2. The Balaban J connectivity index is 1.73. The van der Waals surface area contributed by atoms with E-state index in [0.29, 0.717) is 4.90 Å². The lowest BCUT2D eigenvalue weighted by Gasteiger charge is -2.20. The second kappa shape index (κ2) is 7.58. The fraction of sp³-hybridized carbons (Fsp3) is 0.158. The minimum Gasteiger partial charge on any atom is -0.456 e. The number of amides is 2. The highest BCUT2D eigenvalue weighted by atomic mass is 19.1. The predicted molar refractivity (Wildman–Crippen MR) is 94.7 cm³/mol. The second-order valence-corrected chi connectivity index (χ2v) is 6.15. The number of hydrogen-bond acceptors (Lipinski definition) is 7. The molecule has 1 heterocycles. The van der Waals surface area contributed by atoms with E-state index >= 15 is 0 Å². The molecular weight excluding hydrogens is 387 g/mol. The molecule has 10 heteroatoms. The summed E-state index contributed by atoms with van der Waals surface area (Å²) in [6.45, 7) is 0.524. The Labute approximate surface area is 162 Å². The van der Waals surface area contributed by atoms with E-state index in [1.54, 1.807) is 0 Å². The molecule has 2 amide bonds. The first-order chi connectivity index (χ1) is 13.7. The first-order valence-electron chi connectivity index (χ1n) is 8.33. The fourth-order valence-electron chi connectivity index (χ4n) is 2.87. The normalized spacial score (nSPS) is 13.8. The average molecular weight is 400 g/mol. The number of halogens is 1. The molecule has 3 rings (SSSR count). The Hall–Kier alpha value is -3.95. The van der Waals surface area contributed by atoms with Crippen LogP contribution in [-0.2, 0) is 9.53 Å². The molecule has 0 spiro atoms. The highest BCUT2D eigenvalue weighted by Gasteiger charge is 2.45. The van der Waals surface area contributed by atoms with Crippen molar-refractivity contribution in [3.8, 4) is 0 Å². The van der Waals surface area contributed by atoms with Crippen molar-refractivity contribution in [1.82, 2.24) is 4.90 Å². The van der Waals surface area contributed by atoms with Crippen molar-refractivity contribution in [2.45, 2.75) is 13.0 Å². The molecule has 1 aliphatic heterocycles. The number of nitro benzene ring substituents is 1. The van der Waals surface area contributed by atoms with E-state index in [0.717, 1.165) is 18.2 Å². The van der Waals surface area contributed by atoms with Gasteiger partial charge in [-0.15, -0.1) is 0 Å². The van der Waals surface area contributed by atoms with Crippen molar-refractivity contribution >= 4 is 29.3 Å². The summed E-state index contributed by atoms with van der Waals surface area (Å²) in [5.74, 6) is -4.05. The van der Waals surface area contributed by atoms with Gasteiger partial charge in [0.1, 0.15) is 17.4 Å². The fourth-order valence-corrected chi connectivity index (χ4v) is 2.87. The predicted octanol–water partition coefficient (Wildman–Crippen LogP) is 2.14. The number of ketones is 1. The number of imide groups is 1. The summed E-state index contributed by atoms with van der Waals surface area (Å²) >= 11 is 0. The molecular formula is C19H13FN2O7. The number of nitro groups is 1. The molecule has 9 nitrogen and oxygen atoms in total. The number of esters is 1. The average Bonchev–Trinajstić information content (AvgIpc) is 2.96. The number of carbonyl (C=O) groups is 4. The van der Waals surface area contributed by atoms with Gasteiger partial charge in [-0.05, 0) is 37.3 Å². The van der Waals surface area contributed by atoms with Gasteiger partial charge in [0.05, 0.1) is 10.5 Å². The van der Waals surface area contributed by atoms with Gasteiger partial charge in [0.25, 0.3) is 17.5 Å². The number of carbonyl (C=O) groups excluding carboxylic acids is 4. The molecule has 1 atom stereocenters. The van der Waals surface area contributed by atoms with Crippen molar-refractivity contribution in [2.24, 2.45) is 0 Å². The van der Waals surface area contributed by atoms with E-state index in [2.05, 4.69) is 0 Å². The number of nitrogens with zero attached hydrogens (tertiary/aromatic N) is 2. The van der Waals surface area contributed by atoms with Crippen LogP contribution in [0.5, 0.6) is 0 Å². The molecule has 0 saturated carbocycles. The van der Waals surface area contributed by atoms with Gasteiger partial charge >= 0.3 is 5.97 Å². The standard InChI is InChI=1S/C19H13FN2O7/c1-10(19(26)29-9-15(23)11-5-7-12(20)8-6-11)21-17(24)13-3-2-4-14(22(27)28)16(13)18(21)25/h2-8,10H,9H2,1H3/t10-/m0/s1. The Bertz CT molecular complexity index is 1050. The molecule has 0 saturated heterocycles. The van der Waals surface area contributed by atoms with Crippen molar-refractivity contribution < 1.29 is 33.2 Å². The molecule has 29 heavy (non-hydrogen) atoms. The third-order valence-corrected chi connectivity index (χ3v) is 4.36. The van der Waals surface area contributed by atoms with Crippen LogP contribution in [0.4, 0.5) is 10.1 Å². The van der Waals surface area contributed by atoms with Crippen LogP contribution in [-0.4, -0.2) is 46.0 Å². The lowest BCUT2D eigenvalue weighted by molar-refractivity contribution is -0.385. The molecule has 2 aromatic carbocycles. The largest absolute Gasteiger partial charge is 0.456 e. The van der Waals surface area contributed by atoms with Gasteiger partial charge in [-0.3, -0.25) is 29.4 Å². The Morgan fingerprint density at radius 1 is 1.14 bits per heavy atom. The van der Waals surface area contributed by atoms with Gasteiger partial charge in [-0.25, -0.2) is 9.18 Å². The molecule has 0 bridgehead atoms. The van der Waals surface area contributed by atoms with E-state index in [1.807, 2.05) is 0 Å². The van der Waals surface area contributed by atoms with Crippen molar-refractivity contribution in [2.75, 3.05) is 6.61 Å². The zero-order valence-electron chi connectivity index (χ0n) is 15.0. The molecule has 2 aromatic rings. The molecule has 148 valence electrons. The molecule has 0 aromatic heterocycles. The van der Waals surface area contributed by atoms with E-state index < -0.39 is 58.2 Å². The number of rotatable bonds is 6. The minimum atomic E-state index is -1.41. The minimum absolute atomic E-state index is 0.114. The Kier molecular flexibility index (Phi) is 5.18. The maximum atomic E-state index is 12.9. The second-order valence-electron chi connectivity index (χ2n) is 6.15. The quantitative estimate of drug-likeness (QED) is 0.239. The number of hydrogen-bond donors (Lipinski definition) is 0. The first kappa shape index (κ1) is 19.8. The van der Waals surface area contributed by atoms with E-state index in [4.69, 9.17) is 4.74 Å². The number of fused-ring (bicyclic) bond motifs is 1. The molecule has 0 N–H and O–H groups in total. The van der Waals surface area contributed by atoms with Crippen LogP contribution >= 0.6 is 0 Å². The third-order valence-electron chi connectivity index (χ3n) is 4.36. The summed E-state index contributed by atoms with van der Waals surface area (Å²) in [4.78, 5) is 60.2. The van der Waals surface area contributed by atoms with Crippen LogP contribution in [0.3, 0.4) is 0 Å². The molecule has 0 radical (unpaired) electrons. The van der Waals surface area contributed by atoms with E-state index in [-0.39, 0.29) is 11.1 Å².